The summed E-state index contributed by atoms with van der Waals surface area (Å²) in [5, 5.41) is 2.84. The van der Waals surface area contributed by atoms with E-state index in [1.165, 1.54) is 19.3 Å². The SMILES string of the molecule is CN1C(=O)NC[C@H]1CC1CC1. The highest BCUT2D eigenvalue weighted by molar-refractivity contribution is 5.76. The summed E-state index contributed by atoms with van der Waals surface area (Å²) in [6.07, 6.45) is 3.95. The molecular weight excluding hydrogens is 140 g/mol. The molecular formula is C8H14N2O. The van der Waals surface area contributed by atoms with Gasteiger partial charge in [0.05, 0.1) is 6.04 Å². The number of urea groups is 1. The Balaban J connectivity index is 1.88. The van der Waals surface area contributed by atoms with E-state index in [1.807, 2.05) is 11.9 Å². The van der Waals surface area contributed by atoms with Crippen LogP contribution >= 0.6 is 0 Å². The van der Waals surface area contributed by atoms with Crippen LogP contribution in [0.2, 0.25) is 0 Å². The van der Waals surface area contributed by atoms with Crippen molar-refractivity contribution in [2.45, 2.75) is 25.3 Å². The Labute approximate surface area is 66.8 Å². The summed E-state index contributed by atoms with van der Waals surface area (Å²) in [7, 11) is 1.88. The number of amides is 2. The maximum absolute atomic E-state index is 11.0. The van der Waals surface area contributed by atoms with Gasteiger partial charge in [-0.05, 0) is 12.3 Å². The normalized spacial score (nSPS) is 30.8. The van der Waals surface area contributed by atoms with Crippen molar-refractivity contribution in [1.82, 2.24) is 10.2 Å². The lowest BCUT2D eigenvalue weighted by Gasteiger charge is -2.16. The van der Waals surface area contributed by atoms with Crippen molar-refractivity contribution in [3.8, 4) is 0 Å². The van der Waals surface area contributed by atoms with E-state index < -0.39 is 0 Å². The molecule has 2 aliphatic rings. The third kappa shape index (κ3) is 1.32. The van der Waals surface area contributed by atoms with Crippen molar-refractivity contribution in [2.75, 3.05) is 13.6 Å². The highest BCUT2D eigenvalue weighted by Crippen LogP contribution is 2.34. The Morgan fingerprint density at radius 1 is 1.64 bits per heavy atom. The van der Waals surface area contributed by atoms with Crippen LogP contribution in [-0.2, 0) is 0 Å². The van der Waals surface area contributed by atoms with E-state index in [-0.39, 0.29) is 6.03 Å². The molecule has 11 heavy (non-hydrogen) atoms. The Morgan fingerprint density at radius 2 is 2.36 bits per heavy atom. The van der Waals surface area contributed by atoms with Crippen LogP contribution in [-0.4, -0.2) is 30.6 Å². The fourth-order valence-corrected chi connectivity index (χ4v) is 1.61. The van der Waals surface area contributed by atoms with E-state index in [4.69, 9.17) is 0 Å². The summed E-state index contributed by atoms with van der Waals surface area (Å²) in [6.45, 7) is 0.853. The van der Waals surface area contributed by atoms with E-state index in [0.717, 1.165) is 12.5 Å². The second-order valence-electron chi connectivity index (χ2n) is 3.63. The fourth-order valence-electron chi connectivity index (χ4n) is 1.61. The van der Waals surface area contributed by atoms with Crippen molar-refractivity contribution in [1.29, 1.82) is 0 Å². The van der Waals surface area contributed by atoms with Gasteiger partial charge >= 0.3 is 6.03 Å². The third-order valence-electron chi connectivity index (χ3n) is 2.66. The summed E-state index contributed by atoms with van der Waals surface area (Å²) in [5.41, 5.74) is 0. The lowest BCUT2D eigenvalue weighted by Crippen LogP contribution is -2.30. The van der Waals surface area contributed by atoms with Gasteiger partial charge in [0.1, 0.15) is 0 Å². The van der Waals surface area contributed by atoms with Crippen LogP contribution < -0.4 is 5.32 Å². The zero-order valence-corrected chi connectivity index (χ0v) is 6.84. The number of rotatable bonds is 2. The summed E-state index contributed by atoms with van der Waals surface area (Å²) in [5.74, 6) is 0.912. The first kappa shape index (κ1) is 6.95. The van der Waals surface area contributed by atoms with E-state index in [1.54, 1.807) is 0 Å². The van der Waals surface area contributed by atoms with Crippen molar-refractivity contribution in [3.63, 3.8) is 0 Å². The molecule has 1 saturated carbocycles. The number of hydrogen-bond donors (Lipinski definition) is 1. The topological polar surface area (TPSA) is 32.3 Å². The molecule has 2 fully saturated rings. The molecule has 3 heteroatoms. The predicted molar refractivity (Wildman–Crippen MR) is 42.3 cm³/mol. The van der Waals surface area contributed by atoms with Crippen molar-refractivity contribution in [3.05, 3.63) is 0 Å². The third-order valence-corrected chi connectivity index (χ3v) is 2.66. The molecule has 62 valence electrons. The Bertz CT molecular complexity index is 177. The summed E-state index contributed by atoms with van der Waals surface area (Å²) >= 11 is 0. The van der Waals surface area contributed by atoms with E-state index >= 15 is 0 Å². The maximum Gasteiger partial charge on any atom is 0.317 e. The van der Waals surface area contributed by atoms with Crippen LogP contribution in [0.25, 0.3) is 0 Å². The van der Waals surface area contributed by atoms with Crippen LogP contribution in [0.4, 0.5) is 4.79 Å². The van der Waals surface area contributed by atoms with Gasteiger partial charge in [-0.25, -0.2) is 4.79 Å². The number of nitrogens with zero attached hydrogens (tertiary/aromatic N) is 1. The number of nitrogens with one attached hydrogen (secondary N) is 1. The molecule has 0 unspecified atom stereocenters. The maximum atomic E-state index is 11.0. The van der Waals surface area contributed by atoms with Crippen LogP contribution in [0.15, 0.2) is 0 Å². The Morgan fingerprint density at radius 3 is 2.82 bits per heavy atom. The summed E-state index contributed by atoms with van der Waals surface area (Å²) in [4.78, 5) is 12.8. The van der Waals surface area contributed by atoms with Gasteiger partial charge in [-0.3, -0.25) is 0 Å². The van der Waals surface area contributed by atoms with Gasteiger partial charge in [0.15, 0.2) is 0 Å². The van der Waals surface area contributed by atoms with Gasteiger partial charge in [-0.2, -0.15) is 0 Å². The minimum Gasteiger partial charge on any atom is -0.336 e. The van der Waals surface area contributed by atoms with E-state index in [0.29, 0.717) is 6.04 Å². The molecule has 1 heterocycles. The molecule has 2 amide bonds. The second kappa shape index (κ2) is 2.40. The lowest BCUT2D eigenvalue weighted by atomic mass is 10.1. The van der Waals surface area contributed by atoms with Crippen molar-refractivity contribution >= 4 is 6.03 Å². The van der Waals surface area contributed by atoms with Gasteiger partial charge in [0.2, 0.25) is 0 Å². The van der Waals surface area contributed by atoms with Crippen LogP contribution in [0.5, 0.6) is 0 Å². The molecule has 1 atom stereocenters. The molecule has 2 rings (SSSR count). The largest absolute Gasteiger partial charge is 0.336 e. The van der Waals surface area contributed by atoms with Crippen molar-refractivity contribution in [2.24, 2.45) is 5.92 Å². The van der Waals surface area contributed by atoms with Gasteiger partial charge in [0.25, 0.3) is 0 Å². The second-order valence-corrected chi connectivity index (χ2v) is 3.63. The van der Waals surface area contributed by atoms with Crippen LogP contribution in [0.1, 0.15) is 19.3 Å². The molecule has 0 radical (unpaired) electrons. The number of carbonyl (C=O) groups is 1. The highest BCUT2D eigenvalue weighted by Gasteiger charge is 2.32. The van der Waals surface area contributed by atoms with Gasteiger partial charge in [-0.1, -0.05) is 12.8 Å². The summed E-state index contributed by atoms with van der Waals surface area (Å²) in [6, 6.07) is 0.561. The first-order chi connectivity index (χ1) is 5.27. The van der Waals surface area contributed by atoms with Crippen LogP contribution in [0.3, 0.4) is 0 Å². The molecule has 1 aliphatic heterocycles. The lowest BCUT2D eigenvalue weighted by molar-refractivity contribution is 0.213. The quantitative estimate of drug-likeness (QED) is 0.627. The standard InChI is InChI=1S/C8H14N2O/c1-10-7(4-6-2-3-6)5-9-8(10)11/h6-7H,2-5H2,1H3,(H,9,11)/t7-/m1/s1. The first-order valence-electron chi connectivity index (χ1n) is 4.28. The Hall–Kier alpha value is -0.730. The van der Waals surface area contributed by atoms with Gasteiger partial charge in [-0.15, -0.1) is 0 Å². The van der Waals surface area contributed by atoms with E-state index in [9.17, 15) is 4.79 Å². The number of likely N-dealkylation sites (N-methyl/N-ethyl adjacent to an activating group) is 1. The van der Waals surface area contributed by atoms with Crippen LogP contribution in [0, 0.1) is 5.92 Å². The first-order valence-corrected chi connectivity index (χ1v) is 4.28. The highest BCUT2D eigenvalue weighted by atomic mass is 16.2. The molecule has 0 bridgehead atoms. The van der Waals surface area contributed by atoms with E-state index in [2.05, 4.69) is 5.32 Å². The molecule has 1 N–H and O–H groups in total. The molecule has 1 aliphatic carbocycles. The van der Waals surface area contributed by atoms with Crippen molar-refractivity contribution < 1.29 is 4.79 Å². The minimum absolute atomic E-state index is 0.0932. The molecule has 0 aromatic carbocycles. The molecule has 0 aromatic heterocycles. The average Bonchev–Trinajstić information content (AvgIpc) is 2.74. The molecule has 1 saturated heterocycles. The Kier molecular flexibility index (Phi) is 1.51. The average molecular weight is 154 g/mol. The minimum atomic E-state index is 0.0932. The smallest absolute Gasteiger partial charge is 0.317 e. The fraction of sp³-hybridized carbons (Fsp3) is 0.875. The number of hydrogen-bond acceptors (Lipinski definition) is 1. The van der Waals surface area contributed by atoms with Gasteiger partial charge < -0.3 is 10.2 Å². The zero-order chi connectivity index (χ0) is 7.84. The molecule has 0 aromatic rings. The number of carbonyl (C=O) groups excluding carboxylic acids is 1. The predicted octanol–water partition coefficient (Wildman–Crippen LogP) is 0.810. The zero-order valence-electron chi connectivity index (χ0n) is 6.84. The monoisotopic (exact) mass is 154 g/mol. The summed E-state index contributed by atoms with van der Waals surface area (Å²) < 4.78 is 0. The van der Waals surface area contributed by atoms with Gasteiger partial charge in [0, 0.05) is 13.6 Å². The molecule has 3 nitrogen and oxygen atoms in total. The molecule has 0 spiro atoms.